The predicted octanol–water partition coefficient (Wildman–Crippen LogP) is 3.88. The molecule has 0 spiro atoms. The molecule has 186 valence electrons. The molecule has 0 aromatic heterocycles. The van der Waals surface area contributed by atoms with E-state index in [1.807, 2.05) is 19.1 Å². The van der Waals surface area contributed by atoms with Gasteiger partial charge in [-0.05, 0) is 85.3 Å². The molecule has 2 saturated carbocycles. The van der Waals surface area contributed by atoms with Gasteiger partial charge in [0, 0.05) is 5.41 Å². The Hall–Kier alpha value is -3.48. The van der Waals surface area contributed by atoms with Gasteiger partial charge in [0.25, 0.3) is 11.8 Å². The number of methoxy groups -OCH3 is 1. The van der Waals surface area contributed by atoms with Gasteiger partial charge in [0.2, 0.25) is 0 Å². The van der Waals surface area contributed by atoms with Gasteiger partial charge >= 0.3 is 5.97 Å². The Kier molecular flexibility index (Phi) is 4.95. The standard InChI is InChI=1S/C29H29NO6/c1-28-12-11-19-18-10-8-17(31)13-16(18)7-9-20(19)23(28)14-29(26(28)34,27(35)36-2)15-30-24(32)21-5-3-4-6-22(21)25(30)33/h3-6,8,10,13,19-20,23,31H,7,9,11-12,14-15H2,1-2H3/t19?,20?,23?,28-,29?/m0/s1. The number of Topliss-reactive ketones (excluding diaryl/α,β-unsaturated/α-hetero) is 1. The molecular formula is C29H29NO6. The number of imide groups is 1. The number of carbonyl (C=O) groups excluding carboxylic acids is 4. The number of hydrogen-bond acceptors (Lipinski definition) is 6. The number of carbonyl (C=O) groups is 4. The lowest BCUT2D eigenvalue weighted by atomic mass is 9.55. The van der Waals surface area contributed by atoms with Crippen LogP contribution in [0.15, 0.2) is 42.5 Å². The van der Waals surface area contributed by atoms with Crippen molar-refractivity contribution in [3.8, 4) is 5.75 Å². The van der Waals surface area contributed by atoms with Crippen LogP contribution in [0.2, 0.25) is 0 Å². The second kappa shape index (κ2) is 7.76. The fraction of sp³-hybridized carbons (Fsp3) is 0.448. The summed E-state index contributed by atoms with van der Waals surface area (Å²) in [6.45, 7) is 1.66. The van der Waals surface area contributed by atoms with Crippen LogP contribution in [0, 0.1) is 22.7 Å². The highest BCUT2D eigenvalue weighted by Crippen LogP contribution is 2.64. The Morgan fingerprint density at radius 2 is 1.78 bits per heavy atom. The van der Waals surface area contributed by atoms with Crippen molar-refractivity contribution in [2.45, 2.75) is 44.9 Å². The van der Waals surface area contributed by atoms with Crippen LogP contribution < -0.4 is 0 Å². The van der Waals surface area contributed by atoms with Gasteiger partial charge in [-0.3, -0.25) is 24.1 Å². The summed E-state index contributed by atoms with van der Waals surface area (Å²) in [7, 11) is 1.26. The van der Waals surface area contributed by atoms with E-state index in [2.05, 4.69) is 0 Å². The molecule has 5 atom stereocenters. The summed E-state index contributed by atoms with van der Waals surface area (Å²) in [5.74, 6) is -1.20. The quantitative estimate of drug-likeness (QED) is 0.401. The number of aromatic hydroxyl groups is 1. The lowest BCUT2D eigenvalue weighted by molar-refractivity contribution is -0.158. The molecule has 0 saturated heterocycles. The molecule has 2 amide bonds. The van der Waals surface area contributed by atoms with E-state index in [0.717, 1.165) is 29.7 Å². The van der Waals surface area contributed by atoms with Crippen molar-refractivity contribution in [1.29, 1.82) is 0 Å². The van der Waals surface area contributed by atoms with Crippen LogP contribution in [0.3, 0.4) is 0 Å². The smallest absolute Gasteiger partial charge is 0.321 e. The maximum Gasteiger partial charge on any atom is 0.321 e. The first kappa shape index (κ1) is 23.0. The minimum absolute atomic E-state index is 0.0695. The molecule has 36 heavy (non-hydrogen) atoms. The number of aryl methyl sites for hydroxylation is 1. The number of phenolic OH excluding ortho intramolecular Hbond substituents is 1. The number of hydrogen-bond donors (Lipinski definition) is 1. The Balaban J connectivity index is 1.38. The summed E-state index contributed by atoms with van der Waals surface area (Å²) >= 11 is 0. The number of rotatable bonds is 3. The highest BCUT2D eigenvalue weighted by Gasteiger charge is 2.68. The third-order valence-corrected chi connectivity index (χ3v) is 9.50. The number of fused-ring (bicyclic) bond motifs is 6. The van der Waals surface area contributed by atoms with E-state index in [0.29, 0.717) is 17.5 Å². The fourth-order valence-electron chi connectivity index (χ4n) is 7.79. The molecule has 6 rings (SSSR count). The van der Waals surface area contributed by atoms with Gasteiger partial charge in [-0.2, -0.15) is 0 Å². The molecule has 1 heterocycles. The SMILES string of the molecule is COC(=O)C1(CN2C(=O)c3ccccc3C2=O)CC2C3CCc4cc(O)ccc4C3CC[C@]2(C)C1=O. The van der Waals surface area contributed by atoms with Crippen LogP contribution in [0.25, 0.3) is 0 Å². The van der Waals surface area contributed by atoms with Crippen LogP contribution in [0.4, 0.5) is 0 Å². The van der Waals surface area contributed by atoms with Gasteiger partial charge in [0.05, 0.1) is 24.8 Å². The average Bonchev–Trinajstić information content (AvgIpc) is 3.26. The van der Waals surface area contributed by atoms with Crippen LogP contribution in [0.5, 0.6) is 5.75 Å². The van der Waals surface area contributed by atoms with Crippen molar-refractivity contribution in [3.05, 3.63) is 64.7 Å². The fourth-order valence-corrected chi connectivity index (χ4v) is 7.79. The number of benzene rings is 2. The van der Waals surface area contributed by atoms with Crippen molar-refractivity contribution in [2.75, 3.05) is 13.7 Å². The number of amides is 2. The van der Waals surface area contributed by atoms with Crippen LogP contribution in [-0.2, 0) is 20.7 Å². The molecule has 3 aliphatic carbocycles. The summed E-state index contributed by atoms with van der Waals surface area (Å²) in [5, 5.41) is 9.96. The summed E-state index contributed by atoms with van der Waals surface area (Å²) < 4.78 is 5.19. The maximum atomic E-state index is 14.2. The predicted molar refractivity (Wildman–Crippen MR) is 129 cm³/mol. The van der Waals surface area contributed by atoms with Crippen molar-refractivity contribution in [3.63, 3.8) is 0 Å². The molecule has 1 aliphatic heterocycles. The number of ether oxygens (including phenoxy) is 1. The Bertz CT molecular complexity index is 1300. The molecular weight excluding hydrogens is 458 g/mol. The third-order valence-electron chi connectivity index (χ3n) is 9.50. The van der Waals surface area contributed by atoms with E-state index in [9.17, 15) is 24.3 Å². The largest absolute Gasteiger partial charge is 0.508 e. The van der Waals surface area contributed by atoms with E-state index < -0.39 is 28.6 Å². The zero-order chi connectivity index (χ0) is 25.4. The number of nitrogens with zero attached hydrogens (tertiary/aromatic N) is 1. The van der Waals surface area contributed by atoms with Crippen molar-refractivity contribution in [2.24, 2.45) is 22.7 Å². The Morgan fingerprint density at radius 3 is 2.44 bits per heavy atom. The zero-order valence-corrected chi connectivity index (χ0v) is 20.5. The first-order valence-electron chi connectivity index (χ1n) is 12.6. The monoisotopic (exact) mass is 487 g/mol. The van der Waals surface area contributed by atoms with E-state index in [1.165, 1.54) is 12.7 Å². The highest BCUT2D eigenvalue weighted by molar-refractivity contribution is 6.22. The Labute approximate surface area is 209 Å². The van der Waals surface area contributed by atoms with E-state index in [1.54, 1.807) is 30.3 Å². The lowest BCUT2D eigenvalue weighted by Gasteiger charge is -2.48. The molecule has 2 aromatic carbocycles. The van der Waals surface area contributed by atoms with Crippen LogP contribution in [-0.4, -0.2) is 47.2 Å². The second-order valence-corrected chi connectivity index (χ2v) is 11.1. The normalized spacial score (nSPS) is 32.6. The Morgan fingerprint density at radius 1 is 1.08 bits per heavy atom. The van der Waals surface area contributed by atoms with Gasteiger partial charge in [-0.15, -0.1) is 0 Å². The topological polar surface area (TPSA) is 101 Å². The van der Waals surface area contributed by atoms with Gasteiger partial charge in [0.15, 0.2) is 5.78 Å². The molecule has 7 nitrogen and oxygen atoms in total. The van der Waals surface area contributed by atoms with Crippen molar-refractivity contribution in [1.82, 2.24) is 4.90 Å². The first-order valence-corrected chi connectivity index (χ1v) is 12.6. The first-order chi connectivity index (χ1) is 17.2. The number of esters is 1. The number of phenols is 1. The minimum atomic E-state index is -1.58. The number of ketones is 1. The minimum Gasteiger partial charge on any atom is -0.508 e. The second-order valence-electron chi connectivity index (χ2n) is 11.1. The lowest BCUT2D eigenvalue weighted by Crippen LogP contribution is -2.51. The molecule has 4 unspecified atom stereocenters. The summed E-state index contributed by atoms with van der Waals surface area (Å²) in [4.78, 5) is 55.0. The van der Waals surface area contributed by atoms with Gasteiger partial charge in [0.1, 0.15) is 11.2 Å². The molecule has 7 heteroatoms. The molecule has 0 radical (unpaired) electrons. The van der Waals surface area contributed by atoms with Gasteiger partial charge in [-0.1, -0.05) is 25.1 Å². The average molecular weight is 488 g/mol. The van der Waals surface area contributed by atoms with E-state index >= 15 is 0 Å². The van der Waals surface area contributed by atoms with Gasteiger partial charge in [-0.25, -0.2) is 0 Å². The third kappa shape index (κ3) is 2.91. The van der Waals surface area contributed by atoms with E-state index in [-0.39, 0.29) is 42.3 Å². The van der Waals surface area contributed by atoms with Gasteiger partial charge < -0.3 is 9.84 Å². The van der Waals surface area contributed by atoms with Crippen molar-refractivity contribution < 1.29 is 29.0 Å². The molecule has 2 fully saturated rings. The van der Waals surface area contributed by atoms with Crippen LogP contribution in [0.1, 0.15) is 70.4 Å². The molecule has 4 aliphatic rings. The van der Waals surface area contributed by atoms with Crippen LogP contribution >= 0.6 is 0 Å². The summed E-state index contributed by atoms with van der Waals surface area (Å²) in [6, 6.07) is 12.1. The maximum absolute atomic E-state index is 14.2. The molecule has 1 N–H and O–H groups in total. The van der Waals surface area contributed by atoms with E-state index in [4.69, 9.17) is 4.74 Å². The zero-order valence-electron chi connectivity index (χ0n) is 20.5. The molecule has 0 bridgehead atoms. The molecule has 2 aromatic rings. The summed E-state index contributed by atoms with van der Waals surface area (Å²) in [5.41, 5.74) is 0.644. The summed E-state index contributed by atoms with van der Waals surface area (Å²) in [6.07, 6.45) is 3.36. The highest BCUT2D eigenvalue weighted by atomic mass is 16.5. The van der Waals surface area contributed by atoms with Crippen molar-refractivity contribution >= 4 is 23.6 Å².